The van der Waals surface area contributed by atoms with Gasteiger partial charge in [0.2, 0.25) is 5.91 Å². The Morgan fingerprint density at radius 2 is 2.28 bits per heavy atom. The van der Waals surface area contributed by atoms with Gasteiger partial charge >= 0.3 is 5.97 Å². The zero-order chi connectivity index (χ0) is 25.1. The Labute approximate surface area is 208 Å². The number of aromatic amines is 1. The standard InChI is InChI=1S/C26H30N4O6/c1-34-17-5-4-14-11-15-3-2-8-25-20(14)22(17)36-23(25)18(6-9-26(15,25)33)35-24(32)21(16-12-28-13-29-16)30-19(31)7-10-27/h4-6,12-13,15,21,23,33H,2-3,7-11,27H2,1H3,(H,28,29)(H,30,31)/t15-,21?,23+,25+,26-/m1/s1. The number of aliphatic hydroxyl groups is 1. The summed E-state index contributed by atoms with van der Waals surface area (Å²) < 4.78 is 18.1. The van der Waals surface area contributed by atoms with Crippen LogP contribution in [0.15, 0.2) is 36.5 Å². The Morgan fingerprint density at radius 3 is 3.03 bits per heavy atom. The van der Waals surface area contributed by atoms with Crippen molar-refractivity contribution in [3.63, 3.8) is 0 Å². The van der Waals surface area contributed by atoms with E-state index in [0.717, 1.165) is 30.4 Å². The number of methoxy groups -OCH3 is 1. The number of nitrogens with one attached hydrogen (secondary N) is 2. The predicted octanol–water partition coefficient (Wildman–Crippen LogP) is 1.54. The van der Waals surface area contributed by atoms with Crippen LogP contribution >= 0.6 is 0 Å². The highest BCUT2D eigenvalue weighted by molar-refractivity contribution is 5.85. The number of rotatable bonds is 7. The molecule has 1 aromatic heterocycles. The van der Waals surface area contributed by atoms with Crippen molar-refractivity contribution in [2.24, 2.45) is 11.7 Å². The molecule has 2 heterocycles. The summed E-state index contributed by atoms with van der Waals surface area (Å²) in [6, 6.07) is 2.87. The molecule has 10 nitrogen and oxygen atoms in total. The first-order chi connectivity index (χ1) is 17.4. The summed E-state index contributed by atoms with van der Waals surface area (Å²) >= 11 is 0. The van der Waals surface area contributed by atoms with Gasteiger partial charge < -0.3 is 35.4 Å². The second-order valence-corrected chi connectivity index (χ2v) is 10.1. The van der Waals surface area contributed by atoms with Crippen LogP contribution < -0.4 is 20.5 Å². The van der Waals surface area contributed by atoms with E-state index in [1.165, 1.54) is 12.5 Å². The quantitative estimate of drug-likeness (QED) is 0.424. The summed E-state index contributed by atoms with van der Waals surface area (Å²) in [4.78, 5) is 32.6. The van der Waals surface area contributed by atoms with Crippen molar-refractivity contribution in [1.29, 1.82) is 0 Å². The van der Waals surface area contributed by atoms with Crippen molar-refractivity contribution in [2.75, 3.05) is 13.7 Å². The second kappa shape index (κ2) is 8.35. The number of amides is 1. The Balaban J connectivity index is 1.38. The van der Waals surface area contributed by atoms with Gasteiger partial charge in [0, 0.05) is 18.5 Å². The highest BCUT2D eigenvalue weighted by atomic mass is 16.6. The van der Waals surface area contributed by atoms with E-state index in [9.17, 15) is 14.7 Å². The summed E-state index contributed by atoms with van der Waals surface area (Å²) in [5, 5.41) is 14.9. The molecule has 1 saturated carbocycles. The molecule has 3 aliphatic carbocycles. The number of carbonyl (C=O) groups excluding carboxylic acids is 2. The fourth-order valence-corrected chi connectivity index (χ4v) is 6.91. The maximum absolute atomic E-state index is 13.4. The van der Waals surface area contributed by atoms with Gasteiger partial charge in [0.25, 0.3) is 0 Å². The normalized spacial score (nSPS) is 29.9. The Morgan fingerprint density at radius 1 is 1.42 bits per heavy atom. The fourth-order valence-electron chi connectivity index (χ4n) is 6.91. The monoisotopic (exact) mass is 494 g/mol. The molecule has 1 spiro atoms. The molecule has 1 unspecified atom stereocenters. The molecule has 6 rings (SSSR count). The van der Waals surface area contributed by atoms with Crippen LogP contribution in [0.25, 0.3) is 0 Å². The predicted molar refractivity (Wildman–Crippen MR) is 127 cm³/mol. The Hall–Kier alpha value is -3.37. The SMILES string of the molecule is COc1ccc2c3c1O[C@H]1C(OC(=O)C(NC(=O)CCN)c4cnc[nH]4)=CC[C@@]4(O)[C@H](CCC[C@]314)C2. The van der Waals surface area contributed by atoms with Crippen molar-refractivity contribution < 1.29 is 28.9 Å². The van der Waals surface area contributed by atoms with Gasteiger partial charge in [-0.05, 0) is 49.3 Å². The number of aromatic nitrogens is 2. The van der Waals surface area contributed by atoms with Crippen molar-refractivity contribution in [3.8, 4) is 11.5 Å². The lowest BCUT2D eigenvalue weighted by molar-refractivity contribution is -0.161. The van der Waals surface area contributed by atoms with Gasteiger partial charge in [0.15, 0.2) is 23.6 Å². The van der Waals surface area contributed by atoms with Crippen molar-refractivity contribution >= 4 is 11.9 Å². The fraction of sp³-hybridized carbons (Fsp3) is 0.500. The van der Waals surface area contributed by atoms with Crippen LogP contribution in [0.2, 0.25) is 0 Å². The Kier molecular flexibility index (Phi) is 5.34. The number of benzene rings is 1. The van der Waals surface area contributed by atoms with Gasteiger partial charge in [-0.25, -0.2) is 9.78 Å². The number of H-pyrrole nitrogens is 1. The zero-order valence-corrected chi connectivity index (χ0v) is 20.1. The number of hydrogen-bond donors (Lipinski definition) is 4. The average molecular weight is 495 g/mol. The number of nitrogens with zero attached hydrogens (tertiary/aromatic N) is 1. The van der Waals surface area contributed by atoms with Crippen molar-refractivity contribution in [1.82, 2.24) is 15.3 Å². The second-order valence-electron chi connectivity index (χ2n) is 10.1. The van der Waals surface area contributed by atoms with Crippen molar-refractivity contribution in [3.05, 3.63) is 53.3 Å². The molecule has 36 heavy (non-hydrogen) atoms. The number of hydrogen-bond acceptors (Lipinski definition) is 8. The minimum atomic E-state index is -1.09. The molecule has 2 aromatic rings. The first kappa shape index (κ1) is 23.1. The number of nitrogens with two attached hydrogens (primary N) is 1. The molecule has 2 bridgehead atoms. The van der Waals surface area contributed by atoms with Gasteiger partial charge in [-0.2, -0.15) is 0 Å². The molecule has 1 aromatic carbocycles. The molecule has 10 heteroatoms. The van der Waals surface area contributed by atoms with E-state index in [0.29, 0.717) is 35.8 Å². The average Bonchev–Trinajstić information content (AvgIpc) is 3.50. The molecule has 1 amide bonds. The van der Waals surface area contributed by atoms with E-state index < -0.39 is 29.1 Å². The van der Waals surface area contributed by atoms with Crippen LogP contribution in [0.3, 0.4) is 0 Å². The summed E-state index contributed by atoms with van der Waals surface area (Å²) in [7, 11) is 1.59. The minimum absolute atomic E-state index is 0.0712. The molecule has 5 N–H and O–H groups in total. The first-order valence-electron chi connectivity index (χ1n) is 12.4. The number of carbonyl (C=O) groups is 2. The van der Waals surface area contributed by atoms with Gasteiger partial charge in [-0.3, -0.25) is 4.79 Å². The first-order valence-corrected chi connectivity index (χ1v) is 12.4. The van der Waals surface area contributed by atoms with Gasteiger partial charge in [-0.1, -0.05) is 12.5 Å². The lowest BCUT2D eigenvalue weighted by Gasteiger charge is -2.59. The molecule has 1 fully saturated rings. The minimum Gasteiger partial charge on any atom is -0.493 e. The van der Waals surface area contributed by atoms with Gasteiger partial charge in [0.1, 0.15) is 5.76 Å². The molecule has 0 saturated heterocycles. The molecule has 0 radical (unpaired) electrons. The van der Waals surface area contributed by atoms with Gasteiger partial charge in [0.05, 0.1) is 36.3 Å². The van der Waals surface area contributed by atoms with Crippen LogP contribution in [0.1, 0.15) is 55.0 Å². The number of esters is 1. The third-order valence-corrected chi connectivity index (χ3v) is 8.43. The van der Waals surface area contributed by atoms with Crippen LogP contribution in [-0.4, -0.2) is 52.3 Å². The zero-order valence-electron chi connectivity index (χ0n) is 20.1. The smallest absolute Gasteiger partial charge is 0.340 e. The van der Waals surface area contributed by atoms with E-state index >= 15 is 0 Å². The van der Waals surface area contributed by atoms with E-state index in [1.807, 2.05) is 6.07 Å². The molecular formula is C26H30N4O6. The summed E-state index contributed by atoms with van der Waals surface area (Å²) in [5.41, 5.74) is 6.30. The summed E-state index contributed by atoms with van der Waals surface area (Å²) in [6.07, 6.45) is 7.77. The van der Waals surface area contributed by atoms with Crippen LogP contribution in [0.4, 0.5) is 0 Å². The van der Waals surface area contributed by atoms with E-state index in [4.69, 9.17) is 19.9 Å². The van der Waals surface area contributed by atoms with E-state index in [1.54, 1.807) is 13.2 Å². The van der Waals surface area contributed by atoms with E-state index in [-0.39, 0.29) is 24.8 Å². The van der Waals surface area contributed by atoms with Crippen LogP contribution in [0, 0.1) is 5.92 Å². The van der Waals surface area contributed by atoms with Crippen LogP contribution in [0.5, 0.6) is 11.5 Å². The largest absolute Gasteiger partial charge is 0.493 e. The number of ether oxygens (including phenoxy) is 3. The lowest BCUT2D eigenvalue weighted by Crippen LogP contribution is -2.67. The molecular weight excluding hydrogens is 464 g/mol. The molecule has 5 atom stereocenters. The third kappa shape index (κ3) is 3.07. The molecule has 190 valence electrons. The Bertz CT molecular complexity index is 1240. The maximum Gasteiger partial charge on any atom is 0.340 e. The van der Waals surface area contributed by atoms with E-state index in [2.05, 4.69) is 21.4 Å². The summed E-state index contributed by atoms with van der Waals surface area (Å²) in [5.74, 6) is 0.594. The maximum atomic E-state index is 13.4. The highest BCUT2D eigenvalue weighted by Gasteiger charge is 2.71. The topological polar surface area (TPSA) is 149 Å². The highest BCUT2D eigenvalue weighted by Crippen LogP contribution is 2.67. The van der Waals surface area contributed by atoms with Gasteiger partial charge in [-0.15, -0.1) is 0 Å². The van der Waals surface area contributed by atoms with Crippen LogP contribution in [-0.2, 0) is 26.2 Å². The molecule has 4 aliphatic rings. The summed E-state index contributed by atoms with van der Waals surface area (Å²) in [6.45, 7) is 0.155. The third-order valence-electron chi connectivity index (χ3n) is 8.43. The number of imidazole rings is 1. The molecule has 1 aliphatic heterocycles. The lowest BCUT2D eigenvalue weighted by atomic mass is 9.47. The van der Waals surface area contributed by atoms with Crippen molar-refractivity contribution in [2.45, 2.75) is 61.7 Å².